The number of rotatable bonds is 2. The summed E-state index contributed by atoms with van der Waals surface area (Å²) in [6, 6.07) is 0. The lowest BCUT2D eigenvalue weighted by Crippen LogP contribution is -2.53. The molecule has 0 unspecified atom stereocenters. The molecule has 2 N–H and O–H groups in total. The third-order valence-corrected chi connectivity index (χ3v) is 3.31. The van der Waals surface area contributed by atoms with Gasteiger partial charge in [0.2, 0.25) is 0 Å². The van der Waals surface area contributed by atoms with Crippen LogP contribution >= 0.6 is 12.4 Å². The molecule has 0 aromatic rings. The van der Waals surface area contributed by atoms with Gasteiger partial charge in [0.15, 0.2) is 0 Å². The first-order chi connectivity index (χ1) is 5.13. The van der Waals surface area contributed by atoms with Crippen molar-refractivity contribution >= 4 is 18.4 Å². The Morgan fingerprint density at radius 1 is 1.58 bits per heavy atom. The van der Waals surface area contributed by atoms with Crippen LogP contribution in [0.2, 0.25) is 0 Å². The van der Waals surface area contributed by atoms with Gasteiger partial charge in [0, 0.05) is 6.54 Å². The van der Waals surface area contributed by atoms with Gasteiger partial charge in [-0.3, -0.25) is 4.79 Å². The van der Waals surface area contributed by atoms with Gasteiger partial charge in [0.25, 0.3) is 0 Å². The Labute approximate surface area is 77.9 Å². The Bertz CT molecular complexity index is 211. The van der Waals surface area contributed by atoms with Gasteiger partial charge in [-0.25, -0.2) is 0 Å². The number of carbonyl (C=O) groups is 1. The molecule has 3 nitrogen and oxygen atoms in total. The largest absolute Gasteiger partial charge is 0.480 e. The summed E-state index contributed by atoms with van der Waals surface area (Å²) in [5, 5.41) is 12.0. The second-order valence-corrected chi connectivity index (χ2v) is 3.95. The van der Waals surface area contributed by atoms with E-state index in [2.05, 4.69) is 12.2 Å². The number of hydrogen-bond donors (Lipinski definition) is 2. The number of hydrogen-bond acceptors (Lipinski definition) is 2. The smallest absolute Gasteiger partial charge is 0.323 e. The van der Waals surface area contributed by atoms with Gasteiger partial charge in [0.05, 0.1) is 0 Å². The number of carboxylic acids is 1. The fraction of sp³-hybridized carbons (Fsp3) is 0.875. The molecule has 12 heavy (non-hydrogen) atoms. The fourth-order valence-corrected chi connectivity index (χ4v) is 2.44. The second-order valence-electron chi connectivity index (χ2n) is 3.95. The third-order valence-electron chi connectivity index (χ3n) is 3.31. The zero-order valence-electron chi connectivity index (χ0n) is 7.09. The summed E-state index contributed by atoms with van der Waals surface area (Å²) in [6.07, 6.45) is 2.78. The molecule has 2 aliphatic heterocycles. The van der Waals surface area contributed by atoms with Gasteiger partial charge in [-0.2, -0.15) is 0 Å². The molecule has 2 bridgehead atoms. The predicted molar refractivity (Wildman–Crippen MR) is 47.6 cm³/mol. The lowest BCUT2D eigenvalue weighted by atomic mass is 9.61. The molecule has 4 heteroatoms. The number of halogens is 1. The molecule has 0 aromatic carbocycles. The van der Waals surface area contributed by atoms with Gasteiger partial charge < -0.3 is 10.4 Å². The van der Waals surface area contributed by atoms with Crippen LogP contribution in [0.15, 0.2) is 0 Å². The minimum atomic E-state index is -0.668. The summed E-state index contributed by atoms with van der Waals surface area (Å²) in [5.41, 5.74) is -0.200. The highest BCUT2D eigenvalue weighted by Crippen LogP contribution is 2.55. The molecular weight excluding hydrogens is 178 g/mol. The van der Waals surface area contributed by atoms with E-state index in [0.717, 1.165) is 25.8 Å². The Morgan fingerprint density at radius 2 is 2.17 bits per heavy atom. The molecule has 0 atom stereocenters. The van der Waals surface area contributed by atoms with Crippen molar-refractivity contribution in [2.24, 2.45) is 5.41 Å². The molecule has 1 saturated carbocycles. The molecule has 3 rings (SSSR count). The van der Waals surface area contributed by atoms with Crippen LogP contribution in [-0.4, -0.2) is 23.2 Å². The molecule has 0 aromatic heterocycles. The summed E-state index contributed by atoms with van der Waals surface area (Å²) in [5.74, 6) is -0.668. The van der Waals surface area contributed by atoms with Crippen molar-refractivity contribution in [1.29, 1.82) is 0 Å². The SMILES string of the molecule is CCC12CNC(C(=O)O)(C1)C2.Cl. The van der Waals surface area contributed by atoms with Crippen molar-refractivity contribution in [3.05, 3.63) is 0 Å². The van der Waals surface area contributed by atoms with Gasteiger partial charge >= 0.3 is 5.97 Å². The van der Waals surface area contributed by atoms with E-state index in [0.29, 0.717) is 5.41 Å². The molecule has 70 valence electrons. The molecule has 2 saturated heterocycles. The normalized spacial score (nSPS) is 43.1. The molecule has 0 radical (unpaired) electrons. The van der Waals surface area contributed by atoms with Crippen LogP contribution in [0.3, 0.4) is 0 Å². The Morgan fingerprint density at radius 3 is 2.42 bits per heavy atom. The quantitative estimate of drug-likeness (QED) is 0.686. The highest BCUT2D eigenvalue weighted by molar-refractivity contribution is 5.85. The third kappa shape index (κ3) is 0.962. The average Bonchev–Trinajstić information content (AvgIpc) is 2.39. The lowest BCUT2D eigenvalue weighted by molar-refractivity contribution is -0.149. The number of nitrogens with one attached hydrogen (secondary N) is 1. The summed E-state index contributed by atoms with van der Waals surface area (Å²) in [7, 11) is 0. The summed E-state index contributed by atoms with van der Waals surface area (Å²) in [6.45, 7) is 3.04. The zero-order valence-corrected chi connectivity index (χ0v) is 7.91. The van der Waals surface area contributed by atoms with Crippen LogP contribution in [-0.2, 0) is 4.79 Å². The maximum absolute atomic E-state index is 10.8. The first-order valence-corrected chi connectivity index (χ1v) is 4.11. The standard InChI is InChI=1S/C8H13NO2.ClH/c1-2-7-3-8(4-7,6(10)11)9-5-7;/h9H,2-5H2,1H3,(H,10,11);1H. The highest BCUT2D eigenvalue weighted by atomic mass is 35.5. The molecule has 0 spiro atoms. The van der Waals surface area contributed by atoms with Gasteiger partial charge in [-0.15, -0.1) is 12.4 Å². The highest BCUT2D eigenvalue weighted by Gasteiger charge is 2.63. The van der Waals surface area contributed by atoms with Crippen molar-refractivity contribution in [3.8, 4) is 0 Å². The number of fused-ring (bicyclic) bond motifs is 1. The Kier molecular flexibility index (Phi) is 2.13. The van der Waals surface area contributed by atoms with Crippen LogP contribution in [0.5, 0.6) is 0 Å². The maximum atomic E-state index is 10.8. The van der Waals surface area contributed by atoms with Crippen molar-refractivity contribution in [3.63, 3.8) is 0 Å². The Hall–Kier alpha value is -0.280. The predicted octanol–water partition coefficient (Wildman–Crippen LogP) is 1.02. The number of aliphatic carboxylic acids is 1. The average molecular weight is 192 g/mol. The topological polar surface area (TPSA) is 49.3 Å². The van der Waals surface area contributed by atoms with E-state index < -0.39 is 11.5 Å². The van der Waals surface area contributed by atoms with Crippen molar-refractivity contribution < 1.29 is 9.90 Å². The Balaban J connectivity index is 0.000000720. The summed E-state index contributed by atoms with van der Waals surface area (Å²) < 4.78 is 0. The molecular formula is C8H14ClNO2. The van der Waals surface area contributed by atoms with E-state index >= 15 is 0 Å². The van der Waals surface area contributed by atoms with Crippen LogP contribution in [0.4, 0.5) is 0 Å². The molecule has 3 fully saturated rings. The minimum absolute atomic E-state index is 0. The van der Waals surface area contributed by atoms with Crippen LogP contribution in [0.1, 0.15) is 26.2 Å². The molecule has 1 aliphatic carbocycles. The number of carboxylic acid groups (broad SMARTS) is 1. The van der Waals surface area contributed by atoms with Gasteiger partial charge in [-0.05, 0) is 24.7 Å². The van der Waals surface area contributed by atoms with E-state index in [4.69, 9.17) is 5.11 Å². The van der Waals surface area contributed by atoms with Crippen molar-refractivity contribution in [2.45, 2.75) is 31.7 Å². The van der Waals surface area contributed by atoms with E-state index in [1.807, 2.05) is 0 Å². The monoisotopic (exact) mass is 191 g/mol. The van der Waals surface area contributed by atoms with Crippen molar-refractivity contribution in [1.82, 2.24) is 5.32 Å². The van der Waals surface area contributed by atoms with E-state index in [1.165, 1.54) is 0 Å². The first-order valence-electron chi connectivity index (χ1n) is 4.11. The molecule has 3 aliphatic rings. The summed E-state index contributed by atoms with van der Waals surface area (Å²) >= 11 is 0. The fourth-order valence-electron chi connectivity index (χ4n) is 2.44. The maximum Gasteiger partial charge on any atom is 0.323 e. The van der Waals surface area contributed by atoms with Crippen molar-refractivity contribution in [2.75, 3.05) is 6.54 Å². The van der Waals surface area contributed by atoms with Crippen LogP contribution in [0.25, 0.3) is 0 Å². The lowest BCUT2D eigenvalue weighted by Gasteiger charge is -2.42. The van der Waals surface area contributed by atoms with E-state index in [9.17, 15) is 4.79 Å². The van der Waals surface area contributed by atoms with Gasteiger partial charge in [0.1, 0.15) is 5.54 Å². The minimum Gasteiger partial charge on any atom is -0.480 e. The molecule has 0 amide bonds. The first kappa shape index (κ1) is 9.81. The second kappa shape index (κ2) is 2.60. The van der Waals surface area contributed by atoms with E-state index in [1.54, 1.807) is 0 Å². The summed E-state index contributed by atoms with van der Waals surface area (Å²) in [4.78, 5) is 10.8. The molecule has 2 heterocycles. The van der Waals surface area contributed by atoms with E-state index in [-0.39, 0.29) is 12.4 Å². The zero-order chi connectivity index (χ0) is 8.11. The van der Waals surface area contributed by atoms with Crippen LogP contribution in [0, 0.1) is 5.41 Å². The van der Waals surface area contributed by atoms with Crippen LogP contribution < -0.4 is 5.32 Å². The van der Waals surface area contributed by atoms with Gasteiger partial charge in [-0.1, -0.05) is 6.92 Å².